The van der Waals surface area contributed by atoms with E-state index in [1.165, 1.54) is 12.3 Å². The summed E-state index contributed by atoms with van der Waals surface area (Å²) < 4.78 is 0. The van der Waals surface area contributed by atoms with Crippen molar-refractivity contribution < 1.29 is 0 Å². The zero-order valence-electron chi connectivity index (χ0n) is 4.83. The highest BCUT2D eigenvalue weighted by atomic mass is 14.8. The second-order valence-electron chi connectivity index (χ2n) is 1.74. The highest BCUT2D eigenvalue weighted by molar-refractivity contribution is 5.64. The van der Waals surface area contributed by atoms with E-state index in [0.717, 1.165) is 0 Å². The molecule has 0 bridgehead atoms. The fourth-order valence-corrected chi connectivity index (χ4v) is 0.499. The molecule has 0 saturated heterocycles. The van der Waals surface area contributed by atoms with Crippen LogP contribution in [0.15, 0.2) is 12.3 Å². The molecule has 0 atom stereocenters. The Morgan fingerprint density at radius 1 is 1.11 bits per heavy atom. The minimum absolute atomic E-state index is 0.390. The molecule has 1 aromatic heterocycles. The minimum Gasteiger partial charge on any atom is -0.397 e. The number of nitrogens with two attached hydrogens (primary N) is 3. The molecule has 4 nitrogen and oxygen atoms in total. The van der Waals surface area contributed by atoms with E-state index in [2.05, 4.69) is 4.98 Å². The normalized spacial score (nSPS) is 9.33. The molecular formula is C5H8N4. The largest absolute Gasteiger partial charge is 0.397 e. The lowest BCUT2D eigenvalue weighted by Crippen LogP contribution is -1.98. The molecule has 0 aliphatic heterocycles. The van der Waals surface area contributed by atoms with E-state index < -0.39 is 0 Å². The van der Waals surface area contributed by atoms with Crippen molar-refractivity contribution in [3.63, 3.8) is 0 Å². The first-order valence-electron chi connectivity index (χ1n) is 2.46. The van der Waals surface area contributed by atoms with Crippen LogP contribution in [0.2, 0.25) is 0 Å². The van der Waals surface area contributed by atoms with Crippen molar-refractivity contribution in [3.05, 3.63) is 12.3 Å². The zero-order chi connectivity index (χ0) is 6.85. The number of hydrogen-bond donors (Lipinski definition) is 3. The Kier molecular flexibility index (Phi) is 1.14. The summed E-state index contributed by atoms with van der Waals surface area (Å²) >= 11 is 0. The third-order valence-corrected chi connectivity index (χ3v) is 0.989. The third-order valence-electron chi connectivity index (χ3n) is 0.989. The highest BCUT2D eigenvalue weighted by Crippen LogP contribution is 2.13. The molecule has 1 aromatic rings. The monoisotopic (exact) mass is 124 g/mol. The van der Waals surface area contributed by atoms with Crippen molar-refractivity contribution >= 4 is 17.2 Å². The van der Waals surface area contributed by atoms with E-state index in [9.17, 15) is 0 Å². The second-order valence-corrected chi connectivity index (χ2v) is 1.74. The van der Waals surface area contributed by atoms with Gasteiger partial charge in [0.25, 0.3) is 0 Å². The number of anilines is 3. The van der Waals surface area contributed by atoms with E-state index in [1.807, 2.05) is 0 Å². The lowest BCUT2D eigenvalue weighted by atomic mass is 10.3. The molecule has 4 heteroatoms. The maximum Gasteiger partial charge on any atom is 0.125 e. The number of pyridine rings is 1. The first kappa shape index (κ1) is 5.68. The molecule has 0 saturated carbocycles. The summed E-state index contributed by atoms with van der Waals surface area (Å²) in [6, 6.07) is 1.52. The minimum atomic E-state index is 0.390. The molecule has 6 N–H and O–H groups in total. The van der Waals surface area contributed by atoms with Crippen LogP contribution in [0.1, 0.15) is 0 Å². The first-order valence-corrected chi connectivity index (χ1v) is 2.46. The smallest absolute Gasteiger partial charge is 0.125 e. The average Bonchev–Trinajstić information content (AvgIpc) is 1.80. The Hall–Kier alpha value is -1.45. The van der Waals surface area contributed by atoms with Crippen LogP contribution >= 0.6 is 0 Å². The number of hydrogen-bond acceptors (Lipinski definition) is 4. The van der Waals surface area contributed by atoms with E-state index in [1.54, 1.807) is 0 Å². The van der Waals surface area contributed by atoms with Gasteiger partial charge in [-0.15, -0.1) is 0 Å². The van der Waals surface area contributed by atoms with Crippen LogP contribution in [-0.4, -0.2) is 4.98 Å². The first-order chi connectivity index (χ1) is 4.20. The van der Waals surface area contributed by atoms with Crippen LogP contribution in [0.3, 0.4) is 0 Å². The summed E-state index contributed by atoms with van der Waals surface area (Å²) in [5, 5.41) is 0. The number of aromatic nitrogens is 1. The molecular weight excluding hydrogens is 116 g/mol. The molecule has 0 aliphatic rings. The number of nitrogen functional groups attached to an aromatic ring is 3. The van der Waals surface area contributed by atoms with Crippen LogP contribution in [0.25, 0.3) is 0 Å². The molecule has 48 valence electrons. The van der Waals surface area contributed by atoms with Gasteiger partial charge < -0.3 is 17.2 Å². The SMILES string of the molecule is Nc1cc(N)c(N)cn1. The van der Waals surface area contributed by atoms with Crippen LogP contribution in [0.4, 0.5) is 17.2 Å². The van der Waals surface area contributed by atoms with E-state index in [4.69, 9.17) is 17.2 Å². The maximum absolute atomic E-state index is 5.38. The van der Waals surface area contributed by atoms with Gasteiger partial charge in [0.2, 0.25) is 0 Å². The highest BCUT2D eigenvalue weighted by Gasteiger charge is 1.92. The summed E-state index contributed by atoms with van der Waals surface area (Å²) in [6.45, 7) is 0. The van der Waals surface area contributed by atoms with Gasteiger partial charge in [-0.3, -0.25) is 0 Å². The second kappa shape index (κ2) is 1.81. The predicted molar refractivity (Wildman–Crippen MR) is 37.5 cm³/mol. The number of rotatable bonds is 0. The van der Waals surface area contributed by atoms with Gasteiger partial charge in [-0.1, -0.05) is 0 Å². The lowest BCUT2D eigenvalue weighted by molar-refractivity contribution is 1.34. The molecule has 0 spiro atoms. The Balaban J connectivity index is 3.17. The molecule has 0 amide bonds. The van der Waals surface area contributed by atoms with E-state index in [0.29, 0.717) is 17.2 Å². The van der Waals surface area contributed by atoms with Crippen molar-refractivity contribution in [2.24, 2.45) is 0 Å². The van der Waals surface area contributed by atoms with Crippen molar-refractivity contribution in [1.82, 2.24) is 4.98 Å². The van der Waals surface area contributed by atoms with Crippen LogP contribution in [0.5, 0.6) is 0 Å². The Morgan fingerprint density at radius 3 is 2.22 bits per heavy atom. The fourth-order valence-electron chi connectivity index (χ4n) is 0.499. The third kappa shape index (κ3) is 1.02. The maximum atomic E-state index is 5.38. The standard InChI is InChI=1S/C5H8N4/c6-3-1-5(8)9-2-4(3)7/h1-2H,7H2,(H4,6,8,9). The van der Waals surface area contributed by atoms with Crippen molar-refractivity contribution in [2.45, 2.75) is 0 Å². The molecule has 1 heterocycles. The number of nitrogens with zero attached hydrogens (tertiary/aromatic N) is 1. The molecule has 0 unspecified atom stereocenters. The molecule has 0 fully saturated rings. The van der Waals surface area contributed by atoms with Crippen LogP contribution < -0.4 is 17.2 Å². The van der Waals surface area contributed by atoms with Crippen LogP contribution in [0, 0.1) is 0 Å². The zero-order valence-corrected chi connectivity index (χ0v) is 4.83. The predicted octanol–water partition coefficient (Wildman–Crippen LogP) is -0.172. The molecule has 0 radical (unpaired) electrons. The summed E-state index contributed by atoms with van der Waals surface area (Å²) in [6.07, 6.45) is 1.44. The molecule has 0 aliphatic carbocycles. The topological polar surface area (TPSA) is 91.0 Å². The van der Waals surface area contributed by atoms with Crippen molar-refractivity contribution in [3.8, 4) is 0 Å². The van der Waals surface area contributed by atoms with Gasteiger partial charge in [0, 0.05) is 6.07 Å². The Labute approximate surface area is 52.7 Å². The Bertz CT molecular complexity index is 220. The molecule has 9 heavy (non-hydrogen) atoms. The Morgan fingerprint density at radius 2 is 1.78 bits per heavy atom. The lowest BCUT2D eigenvalue weighted by Gasteiger charge is -1.97. The van der Waals surface area contributed by atoms with Gasteiger partial charge in [-0.05, 0) is 0 Å². The average molecular weight is 124 g/mol. The molecule has 0 aromatic carbocycles. The quantitative estimate of drug-likeness (QED) is 0.447. The van der Waals surface area contributed by atoms with Gasteiger partial charge in [0.05, 0.1) is 17.6 Å². The van der Waals surface area contributed by atoms with Gasteiger partial charge in [-0.2, -0.15) is 0 Å². The van der Waals surface area contributed by atoms with Gasteiger partial charge in [0.1, 0.15) is 5.82 Å². The fraction of sp³-hybridized carbons (Fsp3) is 0. The van der Waals surface area contributed by atoms with Gasteiger partial charge >= 0.3 is 0 Å². The molecule has 1 rings (SSSR count). The van der Waals surface area contributed by atoms with Crippen LogP contribution in [-0.2, 0) is 0 Å². The summed E-state index contributed by atoms with van der Waals surface area (Å²) in [4.78, 5) is 3.71. The van der Waals surface area contributed by atoms with Crippen molar-refractivity contribution in [1.29, 1.82) is 0 Å². The van der Waals surface area contributed by atoms with E-state index >= 15 is 0 Å². The van der Waals surface area contributed by atoms with Crippen molar-refractivity contribution in [2.75, 3.05) is 17.2 Å². The summed E-state index contributed by atoms with van der Waals surface area (Å²) in [5.41, 5.74) is 16.9. The summed E-state index contributed by atoms with van der Waals surface area (Å²) in [7, 11) is 0. The van der Waals surface area contributed by atoms with Gasteiger partial charge in [-0.25, -0.2) is 4.98 Å². The summed E-state index contributed by atoms with van der Waals surface area (Å²) in [5.74, 6) is 0.390. The van der Waals surface area contributed by atoms with Gasteiger partial charge in [0.15, 0.2) is 0 Å². The van der Waals surface area contributed by atoms with E-state index in [-0.39, 0.29) is 0 Å².